The van der Waals surface area contributed by atoms with E-state index in [0.29, 0.717) is 5.92 Å². The summed E-state index contributed by atoms with van der Waals surface area (Å²) in [6.45, 7) is 11.7. The third-order valence-electron chi connectivity index (χ3n) is 8.01. The molecule has 0 spiro atoms. The van der Waals surface area contributed by atoms with E-state index in [1.807, 2.05) is 25.3 Å². The van der Waals surface area contributed by atoms with Crippen LogP contribution in [0, 0.1) is 0 Å². The third kappa shape index (κ3) is 5.79. The summed E-state index contributed by atoms with van der Waals surface area (Å²) in [5.74, 6) is 0.431. The van der Waals surface area contributed by atoms with E-state index < -0.39 is 5.60 Å². The van der Waals surface area contributed by atoms with E-state index in [1.165, 1.54) is 24.1 Å². The largest absolute Gasteiger partial charge is 0.385 e. The second kappa shape index (κ2) is 10.4. The maximum atomic E-state index is 11.2. The normalized spacial score (nSPS) is 22.6. The van der Waals surface area contributed by atoms with Crippen LogP contribution in [-0.2, 0) is 11.0 Å². The van der Waals surface area contributed by atoms with Gasteiger partial charge in [-0.1, -0.05) is 26.0 Å². The average molecular weight is 469 g/mol. The molecule has 5 nitrogen and oxygen atoms in total. The fraction of sp³-hybridized carbons (Fsp3) is 0.630. The van der Waals surface area contributed by atoms with E-state index in [9.17, 15) is 5.11 Å². The van der Waals surface area contributed by atoms with Gasteiger partial charge in [-0.25, -0.2) is 0 Å². The van der Waals surface area contributed by atoms with Crippen LogP contribution in [0.1, 0.15) is 86.6 Å². The number of thiol groups is 1. The van der Waals surface area contributed by atoms with Crippen molar-refractivity contribution in [3.8, 4) is 0 Å². The standard InChI is InChI=1S/C27H40N4OS/c1-20(24-6-4-22(18-29-24)26(3)9-13-28-14-10-26)8-15-31-16-11-27(32,12-17-31)23-5-7-25(21(2)33)30-19-23/h4-7,18-21,28,32-33H,8-17H2,1-3H3. The first-order chi connectivity index (χ1) is 15.8. The number of hydrogen-bond donors (Lipinski definition) is 3. The van der Waals surface area contributed by atoms with E-state index in [1.54, 1.807) is 0 Å². The second-order valence-corrected chi connectivity index (χ2v) is 11.3. The highest BCUT2D eigenvalue weighted by Gasteiger charge is 2.34. The van der Waals surface area contributed by atoms with Crippen molar-refractivity contribution in [2.75, 3.05) is 32.7 Å². The number of rotatable bonds is 7. The van der Waals surface area contributed by atoms with Gasteiger partial charge in [0.05, 0.1) is 11.3 Å². The lowest BCUT2D eigenvalue weighted by atomic mass is 9.75. The Morgan fingerprint density at radius 3 is 2.15 bits per heavy atom. The van der Waals surface area contributed by atoms with Gasteiger partial charge in [-0.15, -0.1) is 0 Å². The van der Waals surface area contributed by atoms with Crippen LogP contribution in [0.2, 0.25) is 0 Å². The molecule has 0 aliphatic carbocycles. The molecule has 4 heterocycles. The molecule has 2 N–H and O–H groups in total. The summed E-state index contributed by atoms with van der Waals surface area (Å²) in [4.78, 5) is 11.8. The number of aliphatic hydroxyl groups is 1. The van der Waals surface area contributed by atoms with E-state index in [4.69, 9.17) is 4.98 Å². The Balaban J connectivity index is 1.27. The molecule has 2 aliphatic heterocycles. The highest BCUT2D eigenvalue weighted by molar-refractivity contribution is 7.80. The number of nitrogens with zero attached hydrogens (tertiary/aromatic N) is 3. The highest BCUT2D eigenvalue weighted by atomic mass is 32.1. The smallest absolute Gasteiger partial charge is 0.0935 e. The second-order valence-electron chi connectivity index (χ2n) is 10.5. The van der Waals surface area contributed by atoms with Gasteiger partial charge < -0.3 is 15.3 Å². The predicted octanol–water partition coefficient (Wildman–Crippen LogP) is 4.59. The van der Waals surface area contributed by atoms with Crippen molar-refractivity contribution >= 4 is 12.6 Å². The predicted molar refractivity (Wildman–Crippen MR) is 138 cm³/mol. The molecule has 0 aromatic carbocycles. The minimum absolute atomic E-state index is 0.107. The van der Waals surface area contributed by atoms with Crippen LogP contribution < -0.4 is 5.32 Å². The molecule has 2 fully saturated rings. The molecule has 4 rings (SSSR count). The number of nitrogens with one attached hydrogen (secondary N) is 1. The molecule has 2 atom stereocenters. The zero-order valence-corrected chi connectivity index (χ0v) is 21.3. The zero-order chi connectivity index (χ0) is 23.5. The van der Waals surface area contributed by atoms with E-state index in [0.717, 1.165) is 63.2 Å². The van der Waals surface area contributed by atoms with Gasteiger partial charge in [-0.3, -0.25) is 9.97 Å². The quantitative estimate of drug-likeness (QED) is 0.519. The summed E-state index contributed by atoms with van der Waals surface area (Å²) in [6, 6.07) is 8.55. The van der Waals surface area contributed by atoms with Crippen LogP contribution in [-0.4, -0.2) is 52.7 Å². The molecule has 2 aromatic rings. The Labute approximate surface area is 204 Å². The van der Waals surface area contributed by atoms with Gasteiger partial charge in [-0.2, -0.15) is 12.6 Å². The Hall–Kier alpha value is -1.47. The maximum absolute atomic E-state index is 11.2. The Kier molecular flexibility index (Phi) is 7.79. The fourth-order valence-electron chi connectivity index (χ4n) is 5.21. The minimum Gasteiger partial charge on any atom is -0.385 e. The number of aromatic nitrogens is 2. The van der Waals surface area contributed by atoms with E-state index in [2.05, 4.69) is 60.0 Å². The summed E-state index contributed by atoms with van der Waals surface area (Å²) in [6.07, 6.45) is 8.89. The molecule has 2 aromatic heterocycles. The van der Waals surface area contributed by atoms with Crippen LogP contribution in [0.5, 0.6) is 0 Å². The van der Waals surface area contributed by atoms with Gasteiger partial charge in [-0.05, 0) is 87.7 Å². The molecule has 2 aliphatic rings. The molecule has 0 radical (unpaired) electrons. The van der Waals surface area contributed by atoms with E-state index in [-0.39, 0.29) is 10.7 Å². The Bertz CT molecular complexity index is 885. The van der Waals surface area contributed by atoms with Crippen molar-refractivity contribution in [3.63, 3.8) is 0 Å². The van der Waals surface area contributed by atoms with Gasteiger partial charge >= 0.3 is 0 Å². The lowest BCUT2D eigenvalue weighted by Gasteiger charge is -2.38. The first kappa shape index (κ1) is 24.6. The van der Waals surface area contributed by atoms with Crippen LogP contribution >= 0.6 is 12.6 Å². The van der Waals surface area contributed by atoms with Gasteiger partial charge in [0.2, 0.25) is 0 Å². The number of likely N-dealkylation sites (tertiary alicyclic amines) is 1. The lowest BCUT2D eigenvalue weighted by Crippen LogP contribution is -2.43. The molecule has 0 bridgehead atoms. The zero-order valence-electron chi connectivity index (χ0n) is 20.4. The van der Waals surface area contributed by atoms with Crippen molar-refractivity contribution < 1.29 is 5.11 Å². The maximum Gasteiger partial charge on any atom is 0.0935 e. The van der Waals surface area contributed by atoms with Crippen molar-refractivity contribution in [1.82, 2.24) is 20.2 Å². The molecule has 33 heavy (non-hydrogen) atoms. The summed E-state index contributed by atoms with van der Waals surface area (Å²) in [5, 5.41) is 14.8. The van der Waals surface area contributed by atoms with Crippen LogP contribution in [0.15, 0.2) is 36.7 Å². The molecule has 2 unspecified atom stereocenters. The SMILES string of the molecule is CC(S)c1ccc(C2(O)CCN(CCC(C)c3ccc(C4(C)CCNCC4)cn3)CC2)cn1. The number of piperidine rings is 2. The molecule has 0 amide bonds. The van der Waals surface area contributed by atoms with Gasteiger partial charge in [0, 0.05) is 42.0 Å². The van der Waals surface area contributed by atoms with Crippen molar-refractivity contribution in [2.45, 2.75) is 75.1 Å². The average Bonchev–Trinajstić information content (AvgIpc) is 2.84. The summed E-state index contributed by atoms with van der Waals surface area (Å²) >= 11 is 4.44. The number of hydrogen-bond acceptors (Lipinski definition) is 6. The third-order valence-corrected chi connectivity index (χ3v) is 8.27. The fourth-order valence-corrected chi connectivity index (χ4v) is 5.36. The van der Waals surface area contributed by atoms with Crippen LogP contribution in [0.4, 0.5) is 0 Å². The Morgan fingerprint density at radius 2 is 1.58 bits per heavy atom. The van der Waals surface area contributed by atoms with Gasteiger partial charge in [0.1, 0.15) is 0 Å². The number of pyridine rings is 2. The highest BCUT2D eigenvalue weighted by Crippen LogP contribution is 2.35. The monoisotopic (exact) mass is 468 g/mol. The van der Waals surface area contributed by atoms with Crippen molar-refractivity contribution in [1.29, 1.82) is 0 Å². The molecular formula is C27H40N4OS. The summed E-state index contributed by atoms with van der Waals surface area (Å²) < 4.78 is 0. The molecule has 2 saturated heterocycles. The molecule has 180 valence electrons. The summed E-state index contributed by atoms with van der Waals surface area (Å²) in [7, 11) is 0. The lowest BCUT2D eigenvalue weighted by molar-refractivity contribution is -0.0265. The molecule has 6 heteroatoms. The first-order valence-corrected chi connectivity index (χ1v) is 13.1. The van der Waals surface area contributed by atoms with Crippen LogP contribution in [0.25, 0.3) is 0 Å². The Morgan fingerprint density at radius 1 is 0.970 bits per heavy atom. The molecule has 0 saturated carbocycles. The summed E-state index contributed by atoms with van der Waals surface area (Å²) in [5.41, 5.74) is 3.93. The minimum atomic E-state index is -0.768. The van der Waals surface area contributed by atoms with E-state index >= 15 is 0 Å². The van der Waals surface area contributed by atoms with Gasteiger partial charge in [0.25, 0.3) is 0 Å². The molecular weight excluding hydrogens is 428 g/mol. The van der Waals surface area contributed by atoms with Crippen LogP contribution in [0.3, 0.4) is 0 Å². The van der Waals surface area contributed by atoms with Crippen molar-refractivity contribution in [3.05, 3.63) is 59.2 Å². The first-order valence-electron chi connectivity index (χ1n) is 12.6. The van der Waals surface area contributed by atoms with Gasteiger partial charge in [0.15, 0.2) is 0 Å². The topological polar surface area (TPSA) is 61.3 Å². The van der Waals surface area contributed by atoms with Crippen molar-refractivity contribution in [2.24, 2.45) is 0 Å².